The van der Waals surface area contributed by atoms with Crippen molar-refractivity contribution < 1.29 is 46.8 Å². The molecule has 1 saturated heterocycles. The highest BCUT2D eigenvalue weighted by Crippen LogP contribution is 2.22. The highest BCUT2D eigenvalue weighted by atomic mass is 16.5. The van der Waals surface area contributed by atoms with Crippen LogP contribution in [0.3, 0.4) is 0 Å². The average molecular weight is 809 g/mol. The predicted molar refractivity (Wildman–Crippen MR) is 217 cm³/mol. The lowest BCUT2D eigenvalue weighted by atomic mass is 10.1. The second kappa shape index (κ2) is 24.2. The molecule has 1 aliphatic rings. The third kappa shape index (κ3) is 14.2. The number of hydrogen-bond acceptors (Lipinski definition) is 14. The molecule has 316 valence electrons. The smallest absolute Gasteiger partial charge is 0.349 e. The summed E-state index contributed by atoms with van der Waals surface area (Å²) in [4.78, 5) is 55.2. The maximum atomic E-state index is 12.8. The first kappa shape index (κ1) is 44.3. The summed E-state index contributed by atoms with van der Waals surface area (Å²) in [5.74, 6) is 0.231. The van der Waals surface area contributed by atoms with Gasteiger partial charge < -0.3 is 47.9 Å². The predicted octanol–water partition coefficient (Wildman–Crippen LogP) is 3.32. The standard InChI is InChI=1S/C42H56N4O12/c1-3-55-33-9-7-31-27-35(41(49)57-37(31)29-33)39(47)43-11-5-13-45-15-19-51-23-25-53-21-17-46(18-22-54-26-24-52-20-16-45)14-6-12-44-40(48)36-28-32-8-10-34(56-4-2)30-38(32)58-42(36)50/h7-10,27-30H,3-6,11-26H2,1-2H3,(H,43,47)(H,44,48). The van der Waals surface area contributed by atoms with Crippen molar-refractivity contribution >= 4 is 33.8 Å². The molecule has 58 heavy (non-hydrogen) atoms. The van der Waals surface area contributed by atoms with Gasteiger partial charge in [-0.25, -0.2) is 9.59 Å². The second-order valence-corrected chi connectivity index (χ2v) is 13.5. The SMILES string of the molecule is CCOc1ccc2cc(C(=O)NCCCN3CCOCCOCCN(CCCNC(=O)c4cc5ccc(OCC)cc5oc4=O)CCOCCOCC3)c(=O)oc2c1. The molecule has 1 aliphatic heterocycles. The molecule has 2 amide bonds. The molecule has 3 heterocycles. The van der Waals surface area contributed by atoms with Gasteiger partial charge in [-0.15, -0.1) is 0 Å². The minimum atomic E-state index is -0.696. The summed E-state index contributed by atoms with van der Waals surface area (Å²) in [6, 6.07) is 13.4. The number of nitrogens with one attached hydrogen (secondary N) is 2. The zero-order valence-corrected chi connectivity index (χ0v) is 33.6. The lowest BCUT2D eigenvalue weighted by Crippen LogP contribution is -2.36. The Labute approximate surface area is 337 Å². The van der Waals surface area contributed by atoms with Crippen LogP contribution in [-0.4, -0.2) is 140 Å². The van der Waals surface area contributed by atoms with E-state index in [1.54, 1.807) is 48.5 Å². The van der Waals surface area contributed by atoms with Crippen molar-refractivity contribution in [3.05, 3.63) is 80.5 Å². The lowest BCUT2D eigenvalue weighted by molar-refractivity contribution is 0.00792. The summed E-state index contributed by atoms with van der Waals surface area (Å²) in [6.45, 7) is 13.4. The van der Waals surface area contributed by atoms with Crippen molar-refractivity contribution in [3.8, 4) is 11.5 Å². The van der Waals surface area contributed by atoms with Gasteiger partial charge >= 0.3 is 11.3 Å². The molecule has 0 aliphatic carbocycles. The molecule has 0 spiro atoms. The number of nitrogens with zero attached hydrogens (tertiary/aromatic N) is 2. The zero-order valence-electron chi connectivity index (χ0n) is 33.6. The molecule has 2 N–H and O–H groups in total. The molecule has 2 aromatic carbocycles. The van der Waals surface area contributed by atoms with Gasteiger partial charge in [-0.2, -0.15) is 0 Å². The summed E-state index contributed by atoms with van der Waals surface area (Å²) in [6.07, 6.45) is 1.32. The number of fused-ring (bicyclic) bond motifs is 2. The van der Waals surface area contributed by atoms with Crippen LogP contribution in [0.2, 0.25) is 0 Å². The van der Waals surface area contributed by atoms with E-state index in [2.05, 4.69) is 20.4 Å². The first-order valence-corrected chi connectivity index (χ1v) is 20.1. The van der Waals surface area contributed by atoms with Crippen molar-refractivity contribution in [2.45, 2.75) is 26.7 Å². The Morgan fingerprint density at radius 1 is 0.569 bits per heavy atom. The molecular formula is C42H56N4O12. The maximum absolute atomic E-state index is 12.8. The summed E-state index contributed by atoms with van der Waals surface area (Å²) < 4.78 is 45.1. The van der Waals surface area contributed by atoms with Gasteiger partial charge in [0.25, 0.3) is 11.8 Å². The molecule has 5 rings (SSSR count). The van der Waals surface area contributed by atoms with Gasteiger partial charge in [0, 0.05) is 62.2 Å². The summed E-state index contributed by atoms with van der Waals surface area (Å²) >= 11 is 0. The van der Waals surface area contributed by atoms with Crippen molar-refractivity contribution in [3.63, 3.8) is 0 Å². The van der Waals surface area contributed by atoms with Crippen molar-refractivity contribution in [1.82, 2.24) is 20.4 Å². The van der Waals surface area contributed by atoms with E-state index < -0.39 is 23.1 Å². The highest BCUT2D eigenvalue weighted by molar-refractivity contribution is 5.97. The number of ether oxygens (including phenoxy) is 6. The van der Waals surface area contributed by atoms with E-state index in [0.717, 1.165) is 0 Å². The van der Waals surface area contributed by atoms with Crippen molar-refractivity contribution in [2.24, 2.45) is 0 Å². The summed E-state index contributed by atoms with van der Waals surface area (Å²) in [5, 5.41) is 6.96. The maximum Gasteiger partial charge on any atom is 0.349 e. The van der Waals surface area contributed by atoms with Gasteiger partial charge in [-0.05, 0) is 76.2 Å². The van der Waals surface area contributed by atoms with Gasteiger partial charge in [0.15, 0.2) is 0 Å². The topological polar surface area (TPSA) is 180 Å². The molecule has 2 aromatic heterocycles. The number of carbonyl (C=O) groups is 2. The van der Waals surface area contributed by atoms with Crippen LogP contribution in [0.15, 0.2) is 67.0 Å². The number of carbonyl (C=O) groups excluding carboxylic acids is 2. The monoisotopic (exact) mass is 808 g/mol. The van der Waals surface area contributed by atoms with Gasteiger partial charge in [-0.3, -0.25) is 19.4 Å². The molecule has 4 aromatic rings. The molecule has 16 nitrogen and oxygen atoms in total. The molecule has 0 bridgehead atoms. The van der Waals surface area contributed by atoms with Crippen LogP contribution in [0.5, 0.6) is 11.5 Å². The highest BCUT2D eigenvalue weighted by Gasteiger charge is 2.16. The molecule has 16 heteroatoms. The van der Waals surface area contributed by atoms with Crippen LogP contribution in [0.25, 0.3) is 21.9 Å². The van der Waals surface area contributed by atoms with E-state index in [0.29, 0.717) is 165 Å². The molecule has 0 saturated carbocycles. The fourth-order valence-corrected chi connectivity index (χ4v) is 6.30. The van der Waals surface area contributed by atoms with Crippen molar-refractivity contribution in [1.29, 1.82) is 0 Å². The Balaban J connectivity index is 0.989. The zero-order chi connectivity index (χ0) is 41.0. The first-order chi connectivity index (χ1) is 28.3. The minimum absolute atomic E-state index is 0.0404. The van der Waals surface area contributed by atoms with E-state index in [9.17, 15) is 19.2 Å². The number of amides is 2. The van der Waals surface area contributed by atoms with Crippen LogP contribution in [0.4, 0.5) is 0 Å². The summed E-state index contributed by atoms with van der Waals surface area (Å²) in [5.41, 5.74) is -0.745. The van der Waals surface area contributed by atoms with Gasteiger partial charge in [0.1, 0.15) is 33.8 Å². The van der Waals surface area contributed by atoms with Gasteiger partial charge in [0.05, 0.1) is 66.1 Å². The minimum Gasteiger partial charge on any atom is -0.494 e. The third-order valence-corrected chi connectivity index (χ3v) is 9.35. The quantitative estimate of drug-likeness (QED) is 0.140. The van der Waals surface area contributed by atoms with E-state index >= 15 is 0 Å². The summed E-state index contributed by atoms with van der Waals surface area (Å²) in [7, 11) is 0. The number of benzene rings is 2. The average Bonchev–Trinajstić information content (AvgIpc) is 3.21. The third-order valence-electron chi connectivity index (χ3n) is 9.35. The van der Waals surface area contributed by atoms with E-state index in [4.69, 9.17) is 37.3 Å². The molecule has 0 atom stereocenters. The number of rotatable bonds is 14. The van der Waals surface area contributed by atoms with Crippen LogP contribution in [0, 0.1) is 0 Å². The fourth-order valence-electron chi connectivity index (χ4n) is 6.30. The van der Waals surface area contributed by atoms with E-state index in [-0.39, 0.29) is 11.1 Å². The van der Waals surface area contributed by atoms with Crippen LogP contribution in [-0.2, 0) is 18.9 Å². The molecule has 0 radical (unpaired) electrons. The molecule has 0 unspecified atom stereocenters. The van der Waals surface area contributed by atoms with E-state index in [1.165, 1.54) is 0 Å². The Hall–Kier alpha value is -4.84. The van der Waals surface area contributed by atoms with Crippen LogP contribution in [0.1, 0.15) is 47.4 Å². The Morgan fingerprint density at radius 2 is 0.948 bits per heavy atom. The van der Waals surface area contributed by atoms with Crippen LogP contribution < -0.4 is 31.4 Å². The normalized spacial score (nSPS) is 16.0. The second-order valence-electron chi connectivity index (χ2n) is 13.5. The fraction of sp³-hybridized carbons (Fsp3) is 0.524. The lowest BCUT2D eigenvalue weighted by Gasteiger charge is -2.23. The van der Waals surface area contributed by atoms with Gasteiger partial charge in [0.2, 0.25) is 0 Å². The molecular weight excluding hydrogens is 752 g/mol. The Kier molecular flexibility index (Phi) is 18.4. The van der Waals surface area contributed by atoms with E-state index in [1.807, 2.05) is 13.8 Å². The Morgan fingerprint density at radius 3 is 1.31 bits per heavy atom. The van der Waals surface area contributed by atoms with Crippen molar-refractivity contribution in [2.75, 3.05) is 118 Å². The van der Waals surface area contributed by atoms with Gasteiger partial charge in [-0.1, -0.05) is 0 Å². The van der Waals surface area contributed by atoms with Crippen LogP contribution >= 0.6 is 0 Å². The molecule has 1 fully saturated rings. The first-order valence-electron chi connectivity index (χ1n) is 20.1. The number of hydrogen-bond donors (Lipinski definition) is 2. The Bertz CT molecular complexity index is 1850. The largest absolute Gasteiger partial charge is 0.494 e.